The molecule has 0 aliphatic rings. The average Bonchev–Trinajstić information content (AvgIpc) is 2.26. The molecule has 5 nitrogen and oxygen atoms in total. The number of ketones is 1. The number of nitrogens with one attached hydrogen (secondary N) is 1. The fourth-order valence-electron chi connectivity index (χ4n) is 0.878. The van der Waals surface area contributed by atoms with Gasteiger partial charge in [-0.1, -0.05) is 0 Å². The standard InChI is InChI=1S/C10H9IN2O3/c1-6(9(14)10(15)16)12-13-8-4-2-7(11)3-5-8/h2-5,13H,1H3,(H,15,16)/b12-6+. The molecule has 84 valence electrons. The molecule has 0 saturated carbocycles. The number of carbonyl (C=O) groups is 2. The molecule has 0 fully saturated rings. The number of carboxylic acids is 1. The Morgan fingerprint density at radius 2 is 1.88 bits per heavy atom. The second-order valence-corrected chi connectivity index (χ2v) is 4.20. The molecule has 1 aromatic carbocycles. The third kappa shape index (κ3) is 3.61. The van der Waals surface area contributed by atoms with Crippen LogP contribution in [0.25, 0.3) is 0 Å². The first-order valence-electron chi connectivity index (χ1n) is 4.34. The van der Waals surface area contributed by atoms with Gasteiger partial charge in [-0.15, -0.1) is 0 Å². The Bertz CT molecular complexity index is 440. The highest BCUT2D eigenvalue weighted by molar-refractivity contribution is 14.1. The maximum absolute atomic E-state index is 10.9. The van der Waals surface area contributed by atoms with Gasteiger partial charge in [0.15, 0.2) is 0 Å². The van der Waals surface area contributed by atoms with Gasteiger partial charge < -0.3 is 5.11 Å². The smallest absolute Gasteiger partial charge is 0.378 e. The van der Waals surface area contributed by atoms with Crippen molar-refractivity contribution < 1.29 is 14.7 Å². The normalized spacial score (nSPS) is 11.0. The van der Waals surface area contributed by atoms with Crippen LogP contribution in [0.15, 0.2) is 29.4 Å². The number of carboxylic acid groups (broad SMARTS) is 1. The van der Waals surface area contributed by atoms with Crippen molar-refractivity contribution in [3.63, 3.8) is 0 Å². The van der Waals surface area contributed by atoms with Crippen LogP contribution in [-0.2, 0) is 9.59 Å². The lowest BCUT2D eigenvalue weighted by molar-refractivity contribution is -0.145. The number of rotatable bonds is 4. The van der Waals surface area contributed by atoms with Crippen LogP contribution in [0.3, 0.4) is 0 Å². The number of benzene rings is 1. The largest absolute Gasteiger partial charge is 0.475 e. The SMILES string of the molecule is C/C(=N\Nc1ccc(I)cc1)C(=O)C(=O)O. The number of hydrogen-bond acceptors (Lipinski definition) is 4. The summed E-state index contributed by atoms with van der Waals surface area (Å²) in [7, 11) is 0. The quantitative estimate of drug-likeness (QED) is 0.381. The lowest BCUT2D eigenvalue weighted by atomic mass is 10.3. The van der Waals surface area contributed by atoms with E-state index >= 15 is 0 Å². The van der Waals surface area contributed by atoms with Crippen molar-refractivity contribution in [3.8, 4) is 0 Å². The molecule has 0 aromatic heterocycles. The summed E-state index contributed by atoms with van der Waals surface area (Å²) in [4.78, 5) is 21.3. The van der Waals surface area contributed by atoms with Crippen molar-refractivity contribution in [3.05, 3.63) is 27.8 Å². The van der Waals surface area contributed by atoms with E-state index in [0.29, 0.717) is 5.69 Å². The van der Waals surface area contributed by atoms with Gasteiger partial charge in [0, 0.05) is 3.57 Å². The molecule has 0 aliphatic heterocycles. The third-order valence-electron chi connectivity index (χ3n) is 1.72. The molecule has 0 bridgehead atoms. The minimum absolute atomic E-state index is 0.0916. The molecule has 0 atom stereocenters. The van der Waals surface area contributed by atoms with E-state index in [4.69, 9.17) is 5.11 Å². The van der Waals surface area contributed by atoms with E-state index in [2.05, 4.69) is 33.1 Å². The van der Waals surface area contributed by atoms with Crippen molar-refractivity contribution in [1.29, 1.82) is 0 Å². The fourth-order valence-corrected chi connectivity index (χ4v) is 1.24. The molecule has 0 saturated heterocycles. The van der Waals surface area contributed by atoms with Crippen LogP contribution in [0.2, 0.25) is 0 Å². The van der Waals surface area contributed by atoms with Crippen molar-refractivity contribution in [2.24, 2.45) is 5.10 Å². The molecule has 0 unspecified atom stereocenters. The van der Waals surface area contributed by atoms with E-state index in [1.165, 1.54) is 6.92 Å². The van der Waals surface area contributed by atoms with Crippen LogP contribution in [0.4, 0.5) is 5.69 Å². The van der Waals surface area contributed by atoms with E-state index in [0.717, 1.165) is 3.57 Å². The first-order valence-corrected chi connectivity index (χ1v) is 5.42. The molecule has 0 radical (unpaired) electrons. The molecule has 0 amide bonds. The minimum Gasteiger partial charge on any atom is -0.475 e. The highest BCUT2D eigenvalue weighted by Gasteiger charge is 2.14. The third-order valence-corrected chi connectivity index (χ3v) is 2.44. The molecule has 0 aliphatic carbocycles. The number of nitrogens with zero attached hydrogens (tertiary/aromatic N) is 1. The van der Waals surface area contributed by atoms with Crippen LogP contribution in [-0.4, -0.2) is 22.6 Å². The Morgan fingerprint density at radius 1 is 1.31 bits per heavy atom. The summed E-state index contributed by atoms with van der Waals surface area (Å²) in [6, 6.07) is 7.30. The first kappa shape index (κ1) is 12.6. The molecule has 0 spiro atoms. The molecule has 1 rings (SSSR count). The van der Waals surface area contributed by atoms with E-state index in [9.17, 15) is 9.59 Å². The Hall–Kier alpha value is -1.44. The molecule has 1 aromatic rings. The number of Topliss-reactive ketones (excluding diaryl/α,β-unsaturated/α-hetero) is 1. The zero-order valence-corrected chi connectivity index (χ0v) is 10.6. The van der Waals surface area contributed by atoms with Gasteiger partial charge in [0.2, 0.25) is 0 Å². The van der Waals surface area contributed by atoms with Gasteiger partial charge in [0.1, 0.15) is 5.71 Å². The molecular formula is C10H9IN2O3. The Labute approximate surface area is 106 Å². The molecular weight excluding hydrogens is 323 g/mol. The van der Waals surface area contributed by atoms with Crippen LogP contribution >= 0.6 is 22.6 Å². The predicted octanol–water partition coefficient (Wildman–Crippen LogP) is 1.73. The summed E-state index contributed by atoms with van der Waals surface area (Å²) in [5.41, 5.74) is 3.21. The number of hydrogen-bond donors (Lipinski definition) is 2. The van der Waals surface area contributed by atoms with Crippen molar-refractivity contribution in [1.82, 2.24) is 0 Å². The second-order valence-electron chi connectivity index (χ2n) is 2.95. The van der Waals surface area contributed by atoms with Crippen LogP contribution in [0, 0.1) is 3.57 Å². The summed E-state index contributed by atoms with van der Waals surface area (Å²) >= 11 is 2.16. The Balaban J connectivity index is 2.69. The second kappa shape index (κ2) is 5.59. The molecule has 0 heterocycles. The topological polar surface area (TPSA) is 78.8 Å². The minimum atomic E-state index is -1.51. The summed E-state index contributed by atoms with van der Waals surface area (Å²) in [6.45, 7) is 1.34. The van der Waals surface area contributed by atoms with Gasteiger partial charge in [-0.05, 0) is 53.8 Å². The van der Waals surface area contributed by atoms with Gasteiger partial charge in [-0.3, -0.25) is 10.2 Å². The monoisotopic (exact) mass is 332 g/mol. The molecule has 16 heavy (non-hydrogen) atoms. The van der Waals surface area contributed by atoms with Crippen LogP contribution in [0.5, 0.6) is 0 Å². The fraction of sp³-hybridized carbons (Fsp3) is 0.100. The van der Waals surface area contributed by atoms with E-state index < -0.39 is 11.8 Å². The zero-order valence-electron chi connectivity index (χ0n) is 8.40. The molecule has 2 N–H and O–H groups in total. The van der Waals surface area contributed by atoms with Crippen molar-refractivity contribution in [2.45, 2.75) is 6.92 Å². The lowest BCUT2D eigenvalue weighted by Crippen LogP contribution is -2.21. The Kier molecular flexibility index (Phi) is 4.41. The highest BCUT2D eigenvalue weighted by Crippen LogP contribution is 2.10. The summed E-state index contributed by atoms with van der Waals surface area (Å²) in [5, 5.41) is 12.1. The van der Waals surface area contributed by atoms with Gasteiger partial charge in [-0.2, -0.15) is 5.10 Å². The maximum atomic E-state index is 10.9. The van der Waals surface area contributed by atoms with E-state index in [1.54, 1.807) is 12.1 Å². The van der Waals surface area contributed by atoms with Gasteiger partial charge in [0.25, 0.3) is 5.78 Å². The maximum Gasteiger partial charge on any atom is 0.378 e. The summed E-state index contributed by atoms with van der Waals surface area (Å²) in [6.07, 6.45) is 0. The molecule has 6 heteroatoms. The average molecular weight is 332 g/mol. The first-order chi connectivity index (χ1) is 7.50. The summed E-state index contributed by atoms with van der Waals surface area (Å²) in [5.74, 6) is -2.52. The van der Waals surface area contributed by atoms with E-state index in [-0.39, 0.29) is 5.71 Å². The number of carbonyl (C=O) groups excluding carboxylic acids is 1. The predicted molar refractivity (Wildman–Crippen MR) is 68.5 cm³/mol. The van der Waals surface area contributed by atoms with Crippen molar-refractivity contribution in [2.75, 3.05) is 5.43 Å². The van der Waals surface area contributed by atoms with Crippen LogP contribution in [0.1, 0.15) is 6.92 Å². The number of anilines is 1. The zero-order chi connectivity index (χ0) is 12.1. The van der Waals surface area contributed by atoms with Gasteiger partial charge in [-0.25, -0.2) is 4.79 Å². The number of hydrazone groups is 1. The van der Waals surface area contributed by atoms with Gasteiger partial charge in [0.05, 0.1) is 5.69 Å². The Morgan fingerprint density at radius 3 is 2.38 bits per heavy atom. The van der Waals surface area contributed by atoms with Gasteiger partial charge >= 0.3 is 5.97 Å². The van der Waals surface area contributed by atoms with Crippen molar-refractivity contribution >= 4 is 45.7 Å². The van der Waals surface area contributed by atoms with Crippen LogP contribution < -0.4 is 5.43 Å². The number of aliphatic carboxylic acids is 1. The van der Waals surface area contributed by atoms with E-state index in [1.807, 2.05) is 12.1 Å². The highest BCUT2D eigenvalue weighted by atomic mass is 127. The summed E-state index contributed by atoms with van der Waals surface area (Å²) < 4.78 is 1.07. The number of halogens is 1. The lowest BCUT2D eigenvalue weighted by Gasteiger charge is -2.01.